The summed E-state index contributed by atoms with van der Waals surface area (Å²) < 4.78 is 40.0. The standard InChI is InChI=1S/C15H12FNO2S/c1-11-6-8-12(9-7-11)20(18,19)17-10-14(16)13-4-2-3-5-15(13)17/h2-10H,1H3. The summed E-state index contributed by atoms with van der Waals surface area (Å²) >= 11 is 0. The molecule has 3 rings (SSSR count). The number of fused-ring (bicyclic) bond motifs is 1. The summed E-state index contributed by atoms with van der Waals surface area (Å²) in [4.78, 5) is 0.142. The summed E-state index contributed by atoms with van der Waals surface area (Å²) in [7, 11) is -3.78. The summed E-state index contributed by atoms with van der Waals surface area (Å²) in [6.07, 6.45) is 1.01. The van der Waals surface area contributed by atoms with Crippen molar-refractivity contribution in [1.82, 2.24) is 3.97 Å². The van der Waals surface area contributed by atoms with Crippen LogP contribution in [-0.2, 0) is 10.0 Å². The molecule has 0 radical (unpaired) electrons. The van der Waals surface area contributed by atoms with E-state index in [-0.39, 0.29) is 4.90 Å². The fourth-order valence-corrected chi connectivity index (χ4v) is 3.49. The minimum atomic E-state index is -3.78. The molecule has 0 atom stereocenters. The van der Waals surface area contributed by atoms with Crippen molar-refractivity contribution in [2.24, 2.45) is 0 Å². The molecule has 1 aromatic heterocycles. The molecule has 0 aliphatic carbocycles. The molecule has 0 saturated heterocycles. The molecule has 3 nitrogen and oxygen atoms in total. The quantitative estimate of drug-likeness (QED) is 0.726. The molecule has 0 fully saturated rings. The molecule has 3 aromatic rings. The van der Waals surface area contributed by atoms with Crippen LogP contribution in [0.2, 0.25) is 0 Å². The van der Waals surface area contributed by atoms with Crippen LogP contribution < -0.4 is 0 Å². The lowest BCUT2D eigenvalue weighted by Gasteiger charge is -2.07. The highest BCUT2D eigenvalue weighted by molar-refractivity contribution is 7.90. The van der Waals surface area contributed by atoms with Gasteiger partial charge in [0.2, 0.25) is 0 Å². The number of hydrogen-bond acceptors (Lipinski definition) is 2. The monoisotopic (exact) mass is 289 g/mol. The van der Waals surface area contributed by atoms with Gasteiger partial charge in [0, 0.05) is 5.39 Å². The molecule has 1 heterocycles. The van der Waals surface area contributed by atoms with Crippen molar-refractivity contribution in [2.45, 2.75) is 11.8 Å². The lowest BCUT2D eigenvalue weighted by atomic mass is 10.2. The van der Waals surface area contributed by atoms with Gasteiger partial charge >= 0.3 is 0 Å². The second-order valence-electron chi connectivity index (χ2n) is 4.61. The number of halogens is 1. The number of hydrogen-bond donors (Lipinski definition) is 0. The SMILES string of the molecule is Cc1ccc(S(=O)(=O)n2cc(F)c3ccccc32)cc1. The van der Waals surface area contributed by atoms with Crippen molar-refractivity contribution in [3.05, 3.63) is 66.1 Å². The van der Waals surface area contributed by atoms with Crippen LogP contribution in [0.3, 0.4) is 0 Å². The smallest absolute Gasteiger partial charge is 0.238 e. The Bertz CT molecular complexity index is 880. The molecule has 2 aromatic carbocycles. The van der Waals surface area contributed by atoms with Gasteiger partial charge in [0.25, 0.3) is 10.0 Å². The molecule has 0 unspecified atom stereocenters. The van der Waals surface area contributed by atoms with Crippen molar-refractivity contribution in [3.63, 3.8) is 0 Å². The Morgan fingerprint density at radius 2 is 1.65 bits per heavy atom. The zero-order valence-electron chi connectivity index (χ0n) is 10.7. The van der Waals surface area contributed by atoms with E-state index in [9.17, 15) is 12.8 Å². The van der Waals surface area contributed by atoms with Crippen molar-refractivity contribution >= 4 is 20.9 Å². The van der Waals surface area contributed by atoms with Gasteiger partial charge in [-0.3, -0.25) is 0 Å². The van der Waals surface area contributed by atoms with E-state index in [0.29, 0.717) is 10.9 Å². The Kier molecular flexibility index (Phi) is 2.87. The predicted octanol–water partition coefficient (Wildman–Crippen LogP) is 3.33. The van der Waals surface area contributed by atoms with Crippen LogP contribution in [0.5, 0.6) is 0 Å². The first-order valence-electron chi connectivity index (χ1n) is 6.08. The number of nitrogens with zero attached hydrogens (tertiary/aromatic N) is 1. The molecule has 0 bridgehead atoms. The average Bonchev–Trinajstić information content (AvgIpc) is 2.78. The first-order chi connectivity index (χ1) is 9.50. The van der Waals surface area contributed by atoms with E-state index in [1.165, 1.54) is 12.1 Å². The van der Waals surface area contributed by atoms with Crippen LogP contribution in [-0.4, -0.2) is 12.4 Å². The van der Waals surface area contributed by atoms with Crippen molar-refractivity contribution in [3.8, 4) is 0 Å². The van der Waals surface area contributed by atoms with Gasteiger partial charge in [0.15, 0.2) is 0 Å². The Balaban J connectivity index is 2.27. The zero-order valence-corrected chi connectivity index (χ0v) is 11.6. The minimum absolute atomic E-state index is 0.142. The molecule has 0 aliphatic rings. The number of rotatable bonds is 2. The number of benzene rings is 2. The van der Waals surface area contributed by atoms with Crippen LogP contribution in [0.15, 0.2) is 59.6 Å². The molecule has 0 aliphatic heterocycles. The van der Waals surface area contributed by atoms with Gasteiger partial charge < -0.3 is 0 Å². The summed E-state index contributed by atoms with van der Waals surface area (Å²) in [6.45, 7) is 1.88. The highest BCUT2D eigenvalue weighted by atomic mass is 32.2. The third kappa shape index (κ3) is 1.91. The molecule has 0 saturated carbocycles. The van der Waals surface area contributed by atoms with Gasteiger partial charge in [-0.05, 0) is 31.2 Å². The van der Waals surface area contributed by atoms with Gasteiger partial charge in [-0.1, -0.05) is 29.8 Å². The van der Waals surface area contributed by atoms with E-state index < -0.39 is 15.8 Å². The van der Waals surface area contributed by atoms with E-state index in [1.807, 2.05) is 6.92 Å². The van der Waals surface area contributed by atoms with E-state index in [4.69, 9.17) is 0 Å². The zero-order chi connectivity index (χ0) is 14.3. The lowest BCUT2D eigenvalue weighted by molar-refractivity contribution is 0.586. The Labute approximate surface area is 116 Å². The fourth-order valence-electron chi connectivity index (χ4n) is 2.13. The molecular weight excluding hydrogens is 277 g/mol. The predicted molar refractivity (Wildman–Crippen MR) is 75.7 cm³/mol. The van der Waals surface area contributed by atoms with Crippen molar-refractivity contribution in [1.29, 1.82) is 0 Å². The second-order valence-corrected chi connectivity index (χ2v) is 6.42. The highest BCUT2D eigenvalue weighted by Crippen LogP contribution is 2.24. The minimum Gasteiger partial charge on any atom is -0.238 e. The van der Waals surface area contributed by atoms with Crippen molar-refractivity contribution in [2.75, 3.05) is 0 Å². The molecule has 5 heteroatoms. The third-order valence-corrected chi connectivity index (χ3v) is 4.90. The normalized spacial score (nSPS) is 11.9. The highest BCUT2D eigenvalue weighted by Gasteiger charge is 2.20. The van der Waals surface area contributed by atoms with Crippen LogP contribution in [0.4, 0.5) is 4.39 Å². The van der Waals surface area contributed by atoms with Gasteiger partial charge in [-0.2, -0.15) is 0 Å². The summed E-state index contributed by atoms with van der Waals surface area (Å²) in [5.41, 5.74) is 1.30. The number of aryl methyl sites for hydroxylation is 1. The molecule has 20 heavy (non-hydrogen) atoms. The van der Waals surface area contributed by atoms with Gasteiger partial charge in [0.05, 0.1) is 16.6 Å². The Morgan fingerprint density at radius 1 is 1.00 bits per heavy atom. The molecule has 102 valence electrons. The van der Waals surface area contributed by atoms with Gasteiger partial charge in [-0.25, -0.2) is 16.8 Å². The number of para-hydroxylation sites is 1. The Morgan fingerprint density at radius 3 is 2.35 bits per heavy atom. The van der Waals surface area contributed by atoms with Crippen LogP contribution in [0.25, 0.3) is 10.9 Å². The van der Waals surface area contributed by atoms with E-state index in [2.05, 4.69) is 0 Å². The maximum absolute atomic E-state index is 13.8. The summed E-state index contributed by atoms with van der Waals surface area (Å²) in [6, 6.07) is 13.0. The van der Waals surface area contributed by atoms with Crippen molar-refractivity contribution < 1.29 is 12.8 Å². The maximum Gasteiger partial charge on any atom is 0.268 e. The van der Waals surface area contributed by atoms with E-state index in [1.54, 1.807) is 36.4 Å². The largest absolute Gasteiger partial charge is 0.268 e. The third-order valence-electron chi connectivity index (χ3n) is 3.21. The summed E-state index contributed by atoms with van der Waals surface area (Å²) in [5, 5.41) is 0.295. The van der Waals surface area contributed by atoms with Crippen LogP contribution in [0, 0.1) is 12.7 Å². The Hall–Kier alpha value is -2.14. The molecule has 0 N–H and O–H groups in total. The topological polar surface area (TPSA) is 39.1 Å². The first kappa shape index (κ1) is 12.9. The van der Waals surface area contributed by atoms with Crippen LogP contribution >= 0.6 is 0 Å². The average molecular weight is 289 g/mol. The first-order valence-corrected chi connectivity index (χ1v) is 7.52. The molecule has 0 spiro atoms. The molecule has 0 amide bonds. The van der Waals surface area contributed by atoms with Gasteiger partial charge in [0.1, 0.15) is 5.82 Å². The number of aromatic nitrogens is 1. The van der Waals surface area contributed by atoms with Crippen LogP contribution in [0.1, 0.15) is 5.56 Å². The lowest BCUT2D eigenvalue weighted by Crippen LogP contribution is -2.11. The van der Waals surface area contributed by atoms with Gasteiger partial charge in [-0.15, -0.1) is 0 Å². The fraction of sp³-hybridized carbons (Fsp3) is 0.0667. The van der Waals surface area contributed by atoms with E-state index in [0.717, 1.165) is 15.7 Å². The maximum atomic E-state index is 13.8. The second kappa shape index (κ2) is 4.45. The van der Waals surface area contributed by atoms with E-state index >= 15 is 0 Å². The molecular formula is C15H12FNO2S. The summed E-state index contributed by atoms with van der Waals surface area (Å²) in [5.74, 6) is -0.545.